The summed E-state index contributed by atoms with van der Waals surface area (Å²) in [6.07, 6.45) is 1.16. The number of hydrogen-bond acceptors (Lipinski definition) is 3. The van der Waals surface area contributed by atoms with Gasteiger partial charge in [-0.1, -0.05) is 6.07 Å². The molecule has 3 aromatic rings. The zero-order chi connectivity index (χ0) is 15.2. The van der Waals surface area contributed by atoms with E-state index in [1.54, 1.807) is 35.9 Å². The number of aryl methyl sites for hydroxylation is 1. The van der Waals surface area contributed by atoms with E-state index in [-0.39, 0.29) is 10.7 Å². The van der Waals surface area contributed by atoms with Crippen molar-refractivity contribution in [1.29, 1.82) is 0 Å². The molecular weight excluding hydrogens is 291 g/mol. The molecule has 0 radical (unpaired) electrons. The normalized spacial score (nSPS) is 12.0. The fourth-order valence-corrected chi connectivity index (χ4v) is 2.96. The number of halogens is 1. The van der Waals surface area contributed by atoms with Gasteiger partial charge in [0.15, 0.2) is 9.84 Å². The van der Waals surface area contributed by atoms with E-state index in [4.69, 9.17) is 0 Å². The largest absolute Gasteiger partial charge is 0.325 e. The van der Waals surface area contributed by atoms with Gasteiger partial charge in [-0.3, -0.25) is 0 Å². The van der Waals surface area contributed by atoms with Gasteiger partial charge in [0.05, 0.1) is 10.4 Å². The van der Waals surface area contributed by atoms with Gasteiger partial charge < -0.3 is 4.57 Å². The highest BCUT2D eigenvalue weighted by molar-refractivity contribution is 7.90. The first kappa shape index (κ1) is 13.8. The highest BCUT2D eigenvalue weighted by Crippen LogP contribution is 2.26. The number of benzene rings is 2. The van der Waals surface area contributed by atoms with Crippen molar-refractivity contribution in [2.75, 3.05) is 6.26 Å². The van der Waals surface area contributed by atoms with E-state index >= 15 is 0 Å². The zero-order valence-electron chi connectivity index (χ0n) is 11.5. The van der Waals surface area contributed by atoms with Gasteiger partial charge in [-0.25, -0.2) is 17.8 Å². The Morgan fingerprint density at radius 1 is 1.10 bits per heavy atom. The first-order valence-electron chi connectivity index (χ1n) is 6.29. The van der Waals surface area contributed by atoms with Crippen LogP contribution in [0.3, 0.4) is 0 Å². The van der Waals surface area contributed by atoms with Crippen molar-refractivity contribution in [1.82, 2.24) is 9.55 Å². The van der Waals surface area contributed by atoms with Crippen LogP contribution in [0.5, 0.6) is 0 Å². The summed E-state index contributed by atoms with van der Waals surface area (Å²) in [4.78, 5) is 4.66. The third-order valence-corrected chi connectivity index (χ3v) is 4.51. The molecule has 0 aliphatic rings. The topological polar surface area (TPSA) is 52.0 Å². The summed E-state index contributed by atoms with van der Waals surface area (Å²) in [6, 6.07) is 11.2. The predicted molar refractivity (Wildman–Crippen MR) is 79.2 cm³/mol. The second-order valence-corrected chi connectivity index (χ2v) is 6.91. The highest BCUT2D eigenvalue weighted by atomic mass is 32.2. The number of nitrogens with zero attached hydrogens (tertiary/aromatic N) is 2. The Morgan fingerprint density at radius 2 is 1.76 bits per heavy atom. The summed E-state index contributed by atoms with van der Waals surface area (Å²) in [5.41, 5.74) is 1.74. The lowest BCUT2D eigenvalue weighted by molar-refractivity contribution is 0.602. The maximum atomic E-state index is 13.9. The smallest absolute Gasteiger partial charge is 0.175 e. The van der Waals surface area contributed by atoms with Crippen LogP contribution in [0.2, 0.25) is 0 Å². The SMILES string of the molecule is Cn1c(-c2ccc(S(C)(=O)=O)cc2)nc2cccc(F)c21. The molecule has 3 rings (SSSR count). The van der Waals surface area contributed by atoms with E-state index in [0.717, 1.165) is 11.8 Å². The molecule has 0 saturated heterocycles. The van der Waals surface area contributed by atoms with Crippen molar-refractivity contribution >= 4 is 20.9 Å². The molecule has 0 unspecified atom stereocenters. The average molecular weight is 304 g/mol. The fourth-order valence-electron chi connectivity index (χ4n) is 2.33. The fraction of sp³-hybridized carbons (Fsp3) is 0.133. The van der Waals surface area contributed by atoms with Crippen molar-refractivity contribution in [2.45, 2.75) is 4.90 Å². The zero-order valence-corrected chi connectivity index (χ0v) is 12.4. The minimum Gasteiger partial charge on any atom is -0.325 e. The number of rotatable bonds is 2. The average Bonchev–Trinajstić information content (AvgIpc) is 2.77. The second kappa shape index (κ2) is 4.66. The molecule has 2 aromatic carbocycles. The third kappa shape index (κ3) is 2.31. The molecule has 0 fully saturated rings. The van der Waals surface area contributed by atoms with Crippen molar-refractivity contribution < 1.29 is 12.8 Å². The minimum atomic E-state index is -3.23. The first-order chi connectivity index (χ1) is 9.88. The second-order valence-electron chi connectivity index (χ2n) is 4.90. The summed E-state index contributed by atoms with van der Waals surface area (Å²) in [5.74, 6) is 0.261. The summed E-state index contributed by atoms with van der Waals surface area (Å²) in [7, 11) is -1.50. The molecule has 0 atom stereocenters. The number of sulfone groups is 1. The van der Waals surface area contributed by atoms with Crippen molar-refractivity contribution in [3.05, 3.63) is 48.3 Å². The van der Waals surface area contributed by atoms with Gasteiger partial charge in [0.1, 0.15) is 17.2 Å². The van der Waals surface area contributed by atoms with Gasteiger partial charge in [-0.05, 0) is 36.4 Å². The quantitative estimate of drug-likeness (QED) is 0.731. The van der Waals surface area contributed by atoms with Gasteiger partial charge in [0.2, 0.25) is 0 Å². The van der Waals surface area contributed by atoms with Crippen LogP contribution in [0, 0.1) is 5.82 Å². The van der Waals surface area contributed by atoms with E-state index in [1.165, 1.54) is 18.2 Å². The molecule has 0 bridgehead atoms. The summed E-state index contributed by atoms with van der Waals surface area (Å²) in [5, 5.41) is 0. The van der Waals surface area contributed by atoms with Gasteiger partial charge >= 0.3 is 0 Å². The lowest BCUT2D eigenvalue weighted by Crippen LogP contribution is -1.98. The van der Waals surface area contributed by atoms with Gasteiger partial charge in [0.25, 0.3) is 0 Å². The van der Waals surface area contributed by atoms with Crippen LogP contribution in [-0.4, -0.2) is 24.2 Å². The van der Waals surface area contributed by atoms with E-state index in [1.807, 2.05) is 0 Å². The first-order valence-corrected chi connectivity index (χ1v) is 8.18. The van der Waals surface area contributed by atoms with E-state index in [2.05, 4.69) is 4.98 Å². The van der Waals surface area contributed by atoms with Crippen LogP contribution < -0.4 is 0 Å². The Morgan fingerprint density at radius 3 is 2.33 bits per heavy atom. The monoisotopic (exact) mass is 304 g/mol. The Bertz CT molecular complexity index is 928. The van der Waals surface area contributed by atoms with Crippen LogP contribution in [0.25, 0.3) is 22.4 Å². The van der Waals surface area contributed by atoms with Crippen LogP contribution in [-0.2, 0) is 16.9 Å². The molecule has 1 aromatic heterocycles. The summed E-state index contributed by atoms with van der Waals surface area (Å²) >= 11 is 0. The molecule has 0 aliphatic heterocycles. The Labute approximate surface area is 121 Å². The molecule has 0 N–H and O–H groups in total. The predicted octanol–water partition coefficient (Wildman–Crippen LogP) is 2.78. The van der Waals surface area contributed by atoms with Crippen molar-refractivity contribution in [2.24, 2.45) is 7.05 Å². The third-order valence-electron chi connectivity index (χ3n) is 3.39. The lowest BCUT2D eigenvalue weighted by Gasteiger charge is -2.04. The van der Waals surface area contributed by atoms with Gasteiger partial charge in [0, 0.05) is 18.9 Å². The molecule has 0 saturated carbocycles. The Balaban J connectivity index is 2.17. The molecular formula is C15H13FN2O2S. The van der Waals surface area contributed by atoms with Gasteiger partial charge in [-0.15, -0.1) is 0 Å². The molecule has 0 amide bonds. The molecule has 108 valence electrons. The summed E-state index contributed by atoms with van der Waals surface area (Å²) < 4.78 is 38.4. The Hall–Kier alpha value is -2.21. The maximum Gasteiger partial charge on any atom is 0.175 e. The van der Waals surface area contributed by atoms with E-state index in [9.17, 15) is 12.8 Å². The molecule has 21 heavy (non-hydrogen) atoms. The van der Waals surface area contributed by atoms with Crippen LogP contribution in [0.1, 0.15) is 0 Å². The van der Waals surface area contributed by atoms with Crippen molar-refractivity contribution in [3.63, 3.8) is 0 Å². The molecule has 1 heterocycles. The number of aromatic nitrogens is 2. The molecule has 4 nitrogen and oxygen atoms in total. The summed E-state index contributed by atoms with van der Waals surface area (Å²) in [6.45, 7) is 0. The Kier molecular flexibility index (Phi) is 3.06. The van der Waals surface area contributed by atoms with Crippen LogP contribution >= 0.6 is 0 Å². The molecule has 0 aliphatic carbocycles. The van der Waals surface area contributed by atoms with E-state index in [0.29, 0.717) is 16.9 Å². The standard InChI is InChI=1S/C15H13FN2O2S/c1-18-14-12(16)4-3-5-13(14)17-15(18)10-6-8-11(9-7-10)21(2,19)20/h3-9H,1-2H3. The number of hydrogen-bond donors (Lipinski definition) is 0. The van der Waals surface area contributed by atoms with Crippen molar-refractivity contribution in [3.8, 4) is 11.4 Å². The molecule has 0 spiro atoms. The lowest BCUT2D eigenvalue weighted by atomic mass is 10.2. The minimum absolute atomic E-state index is 0.246. The number of fused-ring (bicyclic) bond motifs is 1. The van der Waals surface area contributed by atoms with E-state index < -0.39 is 9.84 Å². The molecule has 6 heteroatoms. The highest BCUT2D eigenvalue weighted by Gasteiger charge is 2.14. The van der Waals surface area contributed by atoms with Gasteiger partial charge in [-0.2, -0.15) is 0 Å². The maximum absolute atomic E-state index is 13.9. The van der Waals surface area contributed by atoms with Crippen LogP contribution in [0.15, 0.2) is 47.4 Å². The van der Waals surface area contributed by atoms with Crippen LogP contribution in [0.4, 0.5) is 4.39 Å². The number of imidazole rings is 1. The number of para-hydroxylation sites is 1.